The third-order valence-corrected chi connectivity index (χ3v) is 5.43. The molecule has 1 fully saturated rings. The summed E-state index contributed by atoms with van der Waals surface area (Å²) in [6, 6.07) is 8.27. The van der Waals surface area contributed by atoms with Gasteiger partial charge in [0, 0.05) is 21.7 Å². The summed E-state index contributed by atoms with van der Waals surface area (Å²) in [6.45, 7) is 0.789. The van der Waals surface area contributed by atoms with E-state index in [0.717, 1.165) is 11.4 Å². The zero-order valence-electron chi connectivity index (χ0n) is 10.0. The van der Waals surface area contributed by atoms with Gasteiger partial charge in [-0.3, -0.25) is 4.79 Å². The number of carbonyl (C=O) groups excluding carboxylic acids is 1. The molecule has 1 aliphatic rings. The molecule has 18 heavy (non-hydrogen) atoms. The average molecular weight is 277 g/mol. The Hall–Kier alpha value is -1.13. The number of thiophene rings is 2. The summed E-state index contributed by atoms with van der Waals surface area (Å²) in [7, 11) is 0. The van der Waals surface area contributed by atoms with Crippen LogP contribution in [0.5, 0.6) is 0 Å². The molecule has 0 aliphatic heterocycles. The molecule has 2 nitrogen and oxygen atoms in total. The normalized spacial score (nSPS) is 16.4. The molecule has 3 rings (SSSR count). The fraction of sp³-hybridized carbons (Fsp3) is 0.357. The molecule has 2 aromatic rings. The Balaban J connectivity index is 1.54. The van der Waals surface area contributed by atoms with E-state index in [4.69, 9.17) is 0 Å². The van der Waals surface area contributed by atoms with Crippen molar-refractivity contribution < 1.29 is 4.79 Å². The third-order valence-electron chi connectivity index (χ3n) is 3.44. The molecule has 0 aromatic carbocycles. The van der Waals surface area contributed by atoms with Crippen LogP contribution >= 0.6 is 22.7 Å². The lowest BCUT2D eigenvalue weighted by molar-refractivity contribution is -0.120. The van der Waals surface area contributed by atoms with Gasteiger partial charge in [-0.15, -0.1) is 22.7 Å². The van der Waals surface area contributed by atoms with Crippen molar-refractivity contribution in [3.8, 4) is 0 Å². The highest BCUT2D eigenvalue weighted by Gasteiger charge is 2.45. The molecule has 0 atom stereocenters. The molecule has 1 aliphatic carbocycles. The lowest BCUT2D eigenvalue weighted by Crippen LogP contribution is -2.32. The van der Waals surface area contributed by atoms with Gasteiger partial charge < -0.3 is 5.32 Å². The Morgan fingerprint density at radius 3 is 2.61 bits per heavy atom. The first kappa shape index (κ1) is 11.9. The van der Waals surface area contributed by atoms with Gasteiger partial charge in [-0.2, -0.15) is 0 Å². The second-order valence-electron chi connectivity index (χ2n) is 4.79. The van der Waals surface area contributed by atoms with E-state index in [1.54, 1.807) is 22.7 Å². The molecule has 0 bridgehead atoms. The van der Waals surface area contributed by atoms with Gasteiger partial charge in [-0.25, -0.2) is 0 Å². The minimum absolute atomic E-state index is 0.139. The van der Waals surface area contributed by atoms with Crippen molar-refractivity contribution >= 4 is 28.6 Å². The fourth-order valence-corrected chi connectivity index (χ4v) is 3.83. The van der Waals surface area contributed by atoms with Crippen LogP contribution in [-0.2, 0) is 16.6 Å². The molecular formula is C14H15NOS2. The van der Waals surface area contributed by atoms with Crippen LogP contribution < -0.4 is 5.32 Å². The monoisotopic (exact) mass is 277 g/mol. The number of amides is 1. The van der Waals surface area contributed by atoms with E-state index in [-0.39, 0.29) is 11.3 Å². The maximum Gasteiger partial charge on any atom is 0.225 e. The van der Waals surface area contributed by atoms with Crippen molar-refractivity contribution in [3.63, 3.8) is 0 Å². The molecule has 0 spiro atoms. The van der Waals surface area contributed by atoms with Crippen LogP contribution in [0.15, 0.2) is 35.0 Å². The zero-order valence-corrected chi connectivity index (χ0v) is 11.7. The van der Waals surface area contributed by atoms with Crippen LogP contribution in [0.3, 0.4) is 0 Å². The first-order valence-electron chi connectivity index (χ1n) is 6.12. The van der Waals surface area contributed by atoms with E-state index < -0.39 is 0 Å². The molecular weight excluding hydrogens is 262 g/mol. The van der Waals surface area contributed by atoms with Gasteiger partial charge in [0.15, 0.2) is 0 Å². The molecule has 0 unspecified atom stereocenters. The van der Waals surface area contributed by atoms with Crippen molar-refractivity contribution in [1.29, 1.82) is 0 Å². The van der Waals surface area contributed by atoms with Crippen LogP contribution in [0.1, 0.15) is 22.6 Å². The second kappa shape index (κ2) is 4.86. The largest absolute Gasteiger partial charge is 0.355 e. The van der Waals surface area contributed by atoms with Gasteiger partial charge in [-0.1, -0.05) is 12.1 Å². The molecule has 1 amide bonds. The van der Waals surface area contributed by atoms with Crippen molar-refractivity contribution in [2.45, 2.75) is 24.7 Å². The highest BCUT2D eigenvalue weighted by molar-refractivity contribution is 7.10. The van der Waals surface area contributed by atoms with E-state index in [1.165, 1.54) is 17.7 Å². The first-order chi connectivity index (χ1) is 8.78. The maximum atomic E-state index is 11.9. The van der Waals surface area contributed by atoms with Gasteiger partial charge in [0.2, 0.25) is 5.91 Å². The van der Waals surface area contributed by atoms with Crippen LogP contribution in [0.2, 0.25) is 0 Å². The highest BCUT2D eigenvalue weighted by Crippen LogP contribution is 2.49. The number of hydrogen-bond acceptors (Lipinski definition) is 3. The van der Waals surface area contributed by atoms with Gasteiger partial charge in [0.25, 0.3) is 0 Å². The van der Waals surface area contributed by atoms with E-state index in [1.807, 2.05) is 17.5 Å². The second-order valence-corrected chi connectivity index (χ2v) is 6.77. The zero-order chi connectivity index (χ0) is 12.4. The van der Waals surface area contributed by atoms with Crippen LogP contribution in [0.25, 0.3) is 0 Å². The number of nitrogens with one attached hydrogen (secondary N) is 1. The molecule has 94 valence electrons. The number of hydrogen-bond donors (Lipinski definition) is 1. The predicted molar refractivity (Wildman–Crippen MR) is 76.3 cm³/mol. The fourth-order valence-electron chi connectivity index (χ4n) is 2.14. The summed E-state index contributed by atoms with van der Waals surface area (Å²) in [6.07, 6.45) is 2.91. The molecule has 1 saturated carbocycles. The Morgan fingerprint density at radius 2 is 2.00 bits per heavy atom. The van der Waals surface area contributed by atoms with E-state index in [9.17, 15) is 4.79 Å². The molecule has 2 heterocycles. The first-order valence-corrected chi connectivity index (χ1v) is 7.88. The van der Waals surface area contributed by atoms with Crippen LogP contribution in [0, 0.1) is 0 Å². The van der Waals surface area contributed by atoms with Gasteiger partial charge in [-0.05, 0) is 35.7 Å². The summed E-state index contributed by atoms with van der Waals surface area (Å²) < 4.78 is 0. The van der Waals surface area contributed by atoms with Crippen LogP contribution in [-0.4, -0.2) is 12.5 Å². The highest BCUT2D eigenvalue weighted by atomic mass is 32.1. The maximum absolute atomic E-state index is 11.9. The summed E-state index contributed by atoms with van der Waals surface area (Å²) in [5.74, 6) is 0.139. The smallest absolute Gasteiger partial charge is 0.225 e. The molecule has 2 aromatic heterocycles. The summed E-state index contributed by atoms with van der Waals surface area (Å²) in [5, 5.41) is 7.21. The molecule has 0 saturated heterocycles. The topological polar surface area (TPSA) is 29.1 Å². The van der Waals surface area contributed by atoms with Crippen molar-refractivity contribution in [3.05, 3.63) is 44.8 Å². The molecule has 0 radical (unpaired) electrons. The van der Waals surface area contributed by atoms with Gasteiger partial charge in [0.05, 0.1) is 6.42 Å². The van der Waals surface area contributed by atoms with Crippen LogP contribution in [0.4, 0.5) is 0 Å². The van der Waals surface area contributed by atoms with Crippen molar-refractivity contribution in [2.75, 3.05) is 6.54 Å². The Morgan fingerprint density at radius 1 is 1.22 bits per heavy atom. The summed E-state index contributed by atoms with van der Waals surface area (Å²) in [5.41, 5.74) is 0.249. The lowest BCUT2D eigenvalue weighted by Gasteiger charge is -2.14. The Bertz CT molecular complexity index is 512. The summed E-state index contributed by atoms with van der Waals surface area (Å²) >= 11 is 3.44. The number of carbonyl (C=O) groups is 1. The van der Waals surface area contributed by atoms with Crippen molar-refractivity contribution in [1.82, 2.24) is 5.32 Å². The standard InChI is InChI=1S/C14H15NOS2/c16-13(9-11-3-1-7-17-11)15-10-14(5-6-14)12-4-2-8-18-12/h1-4,7-8H,5-6,9-10H2,(H,15,16). The third kappa shape index (κ3) is 2.49. The van der Waals surface area contributed by atoms with E-state index in [0.29, 0.717) is 6.42 Å². The quantitative estimate of drug-likeness (QED) is 0.893. The van der Waals surface area contributed by atoms with E-state index >= 15 is 0 Å². The Labute approximate surface area is 115 Å². The van der Waals surface area contributed by atoms with Gasteiger partial charge >= 0.3 is 0 Å². The lowest BCUT2D eigenvalue weighted by atomic mass is 10.1. The average Bonchev–Trinajstić information content (AvgIpc) is 2.84. The summed E-state index contributed by atoms with van der Waals surface area (Å²) in [4.78, 5) is 14.4. The predicted octanol–water partition coefficient (Wildman–Crippen LogP) is 3.20. The SMILES string of the molecule is O=C(Cc1cccs1)NCC1(c2cccs2)CC1. The Kier molecular flexibility index (Phi) is 3.22. The van der Waals surface area contributed by atoms with E-state index in [2.05, 4.69) is 22.8 Å². The molecule has 4 heteroatoms. The minimum atomic E-state index is 0.139. The molecule has 1 N–H and O–H groups in total. The number of rotatable bonds is 5. The minimum Gasteiger partial charge on any atom is -0.355 e. The van der Waals surface area contributed by atoms with Crippen molar-refractivity contribution in [2.24, 2.45) is 0 Å². The van der Waals surface area contributed by atoms with Gasteiger partial charge in [0.1, 0.15) is 0 Å².